The molecule has 0 radical (unpaired) electrons. The predicted octanol–water partition coefficient (Wildman–Crippen LogP) is 5.89. The maximum absolute atomic E-state index is 13.3. The lowest BCUT2D eigenvalue weighted by atomic mass is 10.1. The number of halogens is 2. The fourth-order valence-corrected chi connectivity index (χ4v) is 4.45. The van der Waals surface area contributed by atoms with E-state index in [4.69, 9.17) is 21.1 Å². The lowest BCUT2D eigenvalue weighted by molar-refractivity contribution is -0.122. The topological polar surface area (TPSA) is 84.9 Å². The van der Waals surface area contributed by atoms with E-state index < -0.39 is 23.7 Å². The molecular weight excluding hydrogens is 511 g/mol. The number of fused-ring (bicyclic) bond motifs is 1. The summed E-state index contributed by atoms with van der Waals surface area (Å²) in [5.41, 5.74) is 1.13. The lowest BCUT2D eigenvalue weighted by Crippen LogP contribution is -2.54. The maximum Gasteiger partial charge on any atom is 0.335 e. The van der Waals surface area contributed by atoms with Crippen molar-refractivity contribution in [3.8, 4) is 11.5 Å². The number of amides is 4. The van der Waals surface area contributed by atoms with E-state index in [0.717, 1.165) is 33.4 Å². The second-order valence-corrected chi connectivity index (χ2v) is 8.80. The molecule has 0 aromatic heterocycles. The first-order chi connectivity index (χ1) is 18.4. The Hall–Kier alpha value is -4.69. The van der Waals surface area contributed by atoms with Crippen LogP contribution in [0, 0.1) is 5.82 Å². The Morgan fingerprint density at radius 3 is 2.47 bits per heavy atom. The fraction of sp³-hybridized carbons (Fsp3) is 0.0690. The van der Waals surface area contributed by atoms with E-state index in [1.165, 1.54) is 31.4 Å². The van der Waals surface area contributed by atoms with Crippen LogP contribution in [0.4, 0.5) is 14.9 Å². The lowest BCUT2D eigenvalue weighted by Gasteiger charge is -2.26. The smallest absolute Gasteiger partial charge is 0.335 e. The number of rotatable bonds is 6. The summed E-state index contributed by atoms with van der Waals surface area (Å²) in [6, 6.07) is 20.8. The first kappa shape index (κ1) is 25.0. The number of methoxy groups -OCH3 is 1. The third-order valence-electron chi connectivity index (χ3n) is 6.00. The van der Waals surface area contributed by atoms with Gasteiger partial charge in [-0.25, -0.2) is 14.1 Å². The number of carbonyl (C=O) groups excluding carboxylic acids is 3. The molecule has 4 aromatic carbocycles. The van der Waals surface area contributed by atoms with Crippen LogP contribution in [0.1, 0.15) is 11.1 Å². The minimum atomic E-state index is -0.934. The molecule has 5 rings (SSSR count). The number of hydrogen-bond acceptors (Lipinski definition) is 5. The van der Waals surface area contributed by atoms with Gasteiger partial charge in [0, 0.05) is 0 Å². The van der Waals surface area contributed by atoms with Gasteiger partial charge in [0.15, 0.2) is 11.5 Å². The van der Waals surface area contributed by atoms with Gasteiger partial charge < -0.3 is 9.47 Å². The van der Waals surface area contributed by atoms with Crippen molar-refractivity contribution in [1.82, 2.24) is 5.32 Å². The molecule has 9 heteroatoms. The summed E-state index contributed by atoms with van der Waals surface area (Å²) in [5, 5.41) is 4.46. The summed E-state index contributed by atoms with van der Waals surface area (Å²) in [4.78, 5) is 38.7. The number of anilines is 1. The van der Waals surface area contributed by atoms with E-state index in [1.54, 1.807) is 6.07 Å². The number of benzene rings is 4. The van der Waals surface area contributed by atoms with Gasteiger partial charge in [-0.15, -0.1) is 0 Å². The highest BCUT2D eigenvalue weighted by Crippen LogP contribution is 2.38. The molecule has 38 heavy (non-hydrogen) atoms. The van der Waals surface area contributed by atoms with E-state index >= 15 is 0 Å². The minimum Gasteiger partial charge on any atom is -0.493 e. The number of ether oxygens (including phenoxy) is 2. The number of imide groups is 2. The predicted molar refractivity (Wildman–Crippen MR) is 142 cm³/mol. The first-order valence-corrected chi connectivity index (χ1v) is 11.9. The number of nitrogens with zero attached hydrogens (tertiary/aromatic N) is 1. The summed E-state index contributed by atoms with van der Waals surface area (Å²) in [7, 11) is 1.45. The third-order valence-corrected chi connectivity index (χ3v) is 6.28. The highest BCUT2D eigenvalue weighted by molar-refractivity contribution is 6.39. The van der Waals surface area contributed by atoms with Crippen LogP contribution in [0.5, 0.6) is 11.5 Å². The monoisotopic (exact) mass is 530 g/mol. The summed E-state index contributed by atoms with van der Waals surface area (Å²) in [6.45, 7) is 0.230. The molecule has 0 unspecified atom stereocenters. The minimum absolute atomic E-state index is 0.111. The standard InChI is InChI=1S/C29H20ClFN2O5/c1-37-25-15-17(13-23-27(34)32-29(36)33(28(23)35)21-11-9-20(31)10-12-21)14-24(30)26(25)38-16-19-7-4-6-18-5-2-3-8-22(18)19/h2-15H,16H2,1H3,(H,32,34,36)/b23-13+. The van der Waals surface area contributed by atoms with Crippen molar-refractivity contribution in [3.63, 3.8) is 0 Å². The molecule has 1 aliphatic rings. The molecule has 0 bridgehead atoms. The average Bonchev–Trinajstić information content (AvgIpc) is 2.91. The highest BCUT2D eigenvalue weighted by Gasteiger charge is 2.36. The Kier molecular flexibility index (Phi) is 6.81. The third kappa shape index (κ3) is 4.81. The van der Waals surface area contributed by atoms with E-state index in [2.05, 4.69) is 5.32 Å². The van der Waals surface area contributed by atoms with Gasteiger partial charge in [0.2, 0.25) is 0 Å². The van der Waals surface area contributed by atoms with Crippen molar-refractivity contribution < 1.29 is 28.2 Å². The van der Waals surface area contributed by atoms with Gasteiger partial charge in [-0.2, -0.15) is 0 Å². The molecule has 4 amide bonds. The van der Waals surface area contributed by atoms with E-state index in [1.807, 2.05) is 42.5 Å². The quantitative estimate of drug-likeness (QED) is 0.248. The molecule has 4 aromatic rings. The largest absolute Gasteiger partial charge is 0.493 e. The van der Waals surface area contributed by atoms with Crippen LogP contribution in [0.15, 0.2) is 84.4 Å². The second-order valence-electron chi connectivity index (χ2n) is 8.40. The molecule has 1 saturated heterocycles. The molecule has 1 aliphatic heterocycles. The van der Waals surface area contributed by atoms with Crippen molar-refractivity contribution in [1.29, 1.82) is 0 Å². The second kappa shape index (κ2) is 10.4. The number of hydrogen-bond donors (Lipinski definition) is 1. The summed E-state index contributed by atoms with van der Waals surface area (Å²) < 4.78 is 24.8. The zero-order valence-electron chi connectivity index (χ0n) is 20.0. The maximum atomic E-state index is 13.3. The van der Waals surface area contributed by atoms with Crippen molar-refractivity contribution >= 4 is 52.0 Å². The normalized spacial score (nSPS) is 14.7. The fourth-order valence-electron chi connectivity index (χ4n) is 4.18. The van der Waals surface area contributed by atoms with Crippen molar-refractivity contribution in [2.24, 2.45) is 0 Å². The van der Waals surface area contributed by atoms with Crippen molar-refractivity contribution in [2.45, 2.75) is 6.61 Å². The zero-order valence-corrected chi connectivity index (χ0v) is 20.8. The van der Waals surface area contributed by atoms with Crippen LogP contribution >= 0.6 is 11.6 Å². The first-order valence-electron chi connectivity index (χ1n) is 11.5. The molecule has 190 valence electrons. The molecular formula is C29H20ClFN2O5. The van der Waals surface area contributed by atoms with Gasteiger partial charge >= 0.3 is 6.03 Å². The van der Waals surface area contributed by atoms with Gasteiger partial charge in [0.25, 0.3) is 11.8 Å². The SMILES string of the molecule is COc1cc(/C=C2\C(=O)NC(=O)N(c3ccc(F)cc3)C2=O)cc(Cl)c1OCc1cccc2ccccc12. The van der Waals surface area contributed by atoms with E-state index in [-0.39, 0.29) is 22.9 Å². The molecule has 1 heterocycles. The Morgan fingerprint density at radius 1 is 0.974 bits per heavy atom. The Labute approximate surface area is 222 Å². The van der Waals surface area contributed by atoms with Crippen molar-refractivity contribution in [2.75, 3.05) is 12.0 Å². The van der Waals surface area contributed by atoms with Gasteiger partial charge in [0.05, 0.1) is 17.8 Å². The summed E-state index contributed by atoms with van der Waals surface area (Å²) in [6.07, 6.45) is 1.30. The van der Waals surface area contributed by atoms with Gasteiger partial charge in [-0.1, -0.05) is 54.1 Å². The Balaban J connectivity index is 1.44. The molecule has 7 nitrogen and oxygen atoms in total. The zero-order chi connectivity index (χ0) is 26.8. The number of nitrogens with one attached hydrogen (secondary N) is 1. The molecule has 0 spiro atoms. The summed E-state index contributed by atoms with van der Waals surface area (Å²) in [5.74, 6) is -1.68. The van der Waals surface area contributed by atoms with Gasteiger partial charge in [-0.05, 0) is 64.4 Å². The van der Waals surface area contributed by atoms with Crippen LogP contribution in [0.3, 0.4) is 0 Å². The number of carbonyl (C=O) groups is 3. The molecule has 0 atom stereocenters. The molecule has 1 N–H and O–H groups in total. The van der Waals surface area contributed by atoms with Crippen LogP contribution in [0.2, 0.25) is 5.02 Å². The summed E-state index contributed by atoms with van der Waals surface area (Å²) >= 11 is 6.53. The van der Waals surface area contributed by atoms with E-state index in [0.29, 0.717) is 17.1 Å². The molecule has 0 aliphatic carbocycles. The Morgan fingerprint density at radius 2 is 1.71 bits per heavy atom. The van der Waals surface area contributed by atoms with Gasteiger partial charge in [-0.3, -0.25) is 14.9 Å². The molecule has 0 saturated carbocycles. The van der Waals surface area contributed by atoms with Crippen LogP contribution in [-0.4, -0.2) is 25.0 Å². The van der Waals surface area contributed by atoms with Crippen LogP contribution < -0.4 is 19.7 Å². The number of barbiturate groups is 1. The number of urea groups is 1. The average molecular weight is 531 g/mol. The van der Waals surface area contributed by atoms with Crippen LogP contribution in [-0.2, 0) is 16.2 Å². The van der Waals surface area contributed by atoms with Crippen LogP contribution in [0.25, 0.3) is 16.8 Å². The van der Waals surface area contributed by atoms with E-state index in [9.17, 15) is 18.8 Å². The van der Waals surface area contributed by atoms with Gasteiger partial charge in [0.1, 0.15) is 18.0 Å². The van der Waals surface area contributed by atoms with Crippen molar-refractivity contribution in [3.05, 3.63) is 106 Å². The molecule has 1 fully saturated rings. The Bertz CT molecular complexity index is 1610. The highest BCUT2D eigenvalue weighted by atomic mass is 35.5.